The van der Waals surface area contributed by atoms with Gasteiger partial charge in [0.05, 0.1) is 0 Å². The highest BCUT2D eigenvalue weighted by atomic mass is 28.3. The van der Waals surface area contributed by atoms with Crippen molar-refractivity contribution in [3.05, 3.63) is 0 Å². The smallest absolute Gasteiger partial charge is 0.0468 e. The minimum Gasteiger partial charge on any atom is -0.0776 e. The Morgan fingerprint density at radius 2 is 1.12 bits per heavy atom. The van der Waals surface area contributed by atoms with Crippen LogP contribution in [-0.4, -0.2) is 8.07 Å². The largest absolute Gasteiger partial charge is 0.0776 e. The zero-order valence-electron chi connectivity index (χ0n) is 6.08. The van der Waals surface area contributed by atoms with Gasteiger partial charge in [0.15, 0.2) is 0 Å². The molecule has 0 spiro atoms. The quantitative estimate of drug-likeness (QED) is 0.480. The van der Waals surface area contributed by atoms with Gasteiger partial charge in [-0.25, -0.2) is 0 Å². The van der Waals surface area contributed by atoms with Gasteiger partial charge in [-0.1, -0.05) is 46.5 Å². The van der Waals surface area contributed by atoms with E-state index < -0.39 is 8.07 Å². The molecule has 0 saturated carbocycles. The first-order valence-electron chi connectivity index (χ1n) is 2.94. The molecule has 0 radical (unpaired) electrons. The summed E-state index contributed by atoms with van der Waals surface area (Å²) in [5.74, 6) is 0. The third kappa shape index (κ3) is 4.38. The van der Waals surface area contributed by atoms with Gasteiger partial charge in [0, 0.05) is 8.07 Å². The zero-order chi connectivity index (χ0) is 6.08. The Morgan fingerprint density at radius 3 is 1.12 bits per heavy atom. The van der Waals surface area contributed by atoms with Crippen LogP contribution >= 0.6 is 0 Å². The zero-order valence-corrected chi connectivity index (χ0v) is 7.08. The predicted octanol–water partition coefficient (Wildman–Crippen LogP) is 3.37. The lowest BCUT2D eigenvalue weighted by Crippen LogP contribution is -2.23. The van der Waals surface area contributed by atoms with Crippen molar-refractivity contribution < 1.29 is 0 Å². The Bertz CT molecular complexity index is 49.9. The summed E-state index contributed by atoms with van der Waals surface area (Å²) in [5, 5.41) is 0. The van der Waals surface area contributed by atoms with Crippen LogP contribution in [0.25, 0.3) is 0 Å². The maximum Gasteiger partial charge on any atom is 0.0468 e. The van der Waals surface area contributed by atoms with E-state index in [1.807, 2.05) is 0 Å². The molecule has 0 rings (SSSR count). The van der Waals surface area contributed by atoms with Crippen molar-refractivity contribution in [2.75, 3.05) is 0 Å². The van der Waals surface area contributed by atoms with E-state index >= 15 is 0 Å². The second kappa shape index (κ2) is 3.28. The van der Waals surface area contributed by atoms with Crippen molar-refractivity contribution in [2.45, 2.75) is 46.5 Å². The summed E-state index contributed by atoms with van der Waals surface area (Å²) in [6.45, 7) is 11.8. The van der Waals surface area contributed by atoms with Crippen molar-refractivity contribution in [1.82, 2.24) is 0 Å². The first kappa shape index (κ1) is 11.1. The molecule has 0 heterocycles. The van der Waals surface area contributed by atoms with Gasteiger partial charge in [0.25, 0.3) is 0 Å². The van der Waals surface area contributed by atoms with Gasteiger partial charge in [-0.05, 0) is 0 Å². The van der Waals surface area contributed by atoms with Crippen LogP contribution in [0.5, 0.6) is 0 Å². The van der Waals surface area contributed by atoms with Crippen LogP contribution < -0.4 is 0 Å². The summed E-state index contributed by atoms with van der Waals surface area (Å²) >= 11 is 0. The Balaban J connectivity index is 0. The molecule has 0 unspecified atom stereocenters. The van der Waals surface area contributed by atoms with Crippen LogP contribution in [0.2, 0.25) is 25.2 Å². The van der Waals surface area contributed by atoms with E-state index in [1.165, 1.54) is 0 Å². The highest BCUT2D eigenvalue weighted by Gasteiger charge is 2.16. The summed E-state index contributed by atoms with van der Waals surface area (Å²) < 4.78 is 0. The van der Waals surface area contributed by atoms with E-state index in [-0.39, 0.29) is 7.43 Å². The number of hydrogen-bond acceptors (Lipinski definition) is 0. The molecule has 0 N–H and O–H groups in total. The molecule has 0 aliphatic heterocycles. The molecule has 8 heavy (non-hydrogen) atoms. The van der Waals surface area contributed by atoms with Crippen molar-refractivity contribution in [3.8, 4) is 0 Å². The van der Waals surface area contributed by atoms with Crippen molar-refractivity contribution >= 4 is 8.07 Å². The fourth-order valence-electron chi connectivity index (χ4n) is 0. The maximum atomic E-state index is 2.40. The van der Waals surface area contributed by atoms with Crippen LogP contribution in [0.4, 0.5) is 0 Å². The van der Waals surface area contributed by atoms with Gasteiger partial charge >= 0.3 is 0 Å². The summed E-state index contributed by atoms with van der Waals surface area (Å²) in [5.41, 5.74) is 0.937. The molecule has 0 aromatic carbocycles. The van der Waals surface area contributed by atoms with E-state index in [4.69, 9.17) is 0 Å². The molecule has 0 fully saturated rings. The van der Waals surface area contributed by atoms with Gasteiger partial charge in [0.2, 0.25) is 0 Å². The number of hydrogen-bond donors (Lipinski definition) is 0. The average molecular weight is 132 g/mol. The van der Waals surface area contributed by atoms with Crippen LogP contribution in [0.15, 0.2) is 0 Å². The minimum absolute atomic E-state index is 0. The minimum atomic E-state index is -0.735. The highest BCUT2D eigenvalue weighted by molar-refractivity contribution is 6.77. The second-order valence-corrected chi connectivity index (χ2v) is 9.41. The van der Waals surface area contributed by atoms with Gasteiger partial charge in [-0.15, -0.1) is 0 Å². The molecule has 0 atom stereocenters. The van der Waals surface area contributed by atoms with Crippen molar-refractivity contribution in [3.63, 3.8) is 0 Å². The van der Waals surface area contributed by atoms with E-state index in [0.717, 1.165) is 5.54 Å². The van der Waals surface area contributed by atoms with Crippen LogP contribution in [0.1, 0.15) is 21.3 Å². The van der Waals surface area contributed by atoms with Crippen LogP contribution in [0.3, 0.4) is 0 Å². The van der Waals surface area contributed by atoms with Crippen LogP contribution in [0, 0.1) is 0 Å². The lowest BCUT2D eigenvalue weighted by molar-refractivity contribution is 1.01. The third-order valence-corrected chi connectivity index (χ3v) is 5.20. The fourth-order valence-corrected chi connectivity index (χ4v) is 0. The molecule has 0 amide bonds. The average Bonchev–Trinajstić information content (AvgIpc) is 1.31. The molecule has 0 aromatic heterocycles. The van der Waals surface area contributed by atoms with Gasteiger partial charge < -0.3 is 0 Å². The Hall–Kier alpha value is 0.217. The molecule has 0 nitrogen and oxygen atoms in total. The standard InChI is InChI=1S/C6H16Si.CH4/c1-6(2)7(3,4)5;/h6H,1-5H3;1H4. The van der Waals surface area contributed by atoms with Crippen molar-refractivity contribution in [1.29, 1.82) is 0 Å². The van der Waals surface area contributed by atoms with Gasteiger partial charge in [0.1, 0.15) is 0 Å². The Morgan fingerprint density at radius 1 is 1.00 bits per heavy atom. The molecule has 0 bridgehead atoms. The first-order valence-corrected chi connectivity index (χ1v) is 6.52. The molecule has 0 aliphatic rings. The molecule has 1 heteroatoms. The Kier molecular flexibility index (Phi) is 4.54. The topological polar surface area (TPSA) is 0 Å². The molecule has 0 aromatic rings. The SMILES string of the molecule is C.CC(C)[Si](C)(C)C. The second-order valence-electron chi connectivity index (χ2n) is 3.52. The maximum absolute atomic E-state index is 2.40. The predicted molar refractivity (Wildman–Crippen MR) is 45.2 cm³/mol. The third-order valence-electron chi connectivity index (χ3n) is 1.73. The summed E-state index contributed by atoms with van der Waals surface area (Å²) in [7, 11) is -0.735. The summed E-state index contributed by atoms with van der Waals surface area (Å²) in [6.07, 6.45) is 0. The van der Waals surface area contributed by atoms with Gasteiger partial charge in [-0.2, -0.15) is 0 Å². The lowest BCUT2D eigenvalue weighted by atomic mass is 10.6. The Labute approximate surface area is 55.3 Å². The van der Waals surface area contributed by atoms with Crippen molar-refractivity contribution in [2.24, 2.45) is 0 Å². The molecular weight excluding hydrogens is 112 g/mol. The van der Waals surface area contributed by atoms with Gasteiger partial charge in [-0.3, -0.25) is 0 Å². The van der Waals surface area contributed by atoms with E-state index in [0.29, 0.717) is 0 Å². The first-order chi connectivity index (χ1) is 2.94. The summed E-state index contributed by atoms with van der Waals surface area (Å²) in [4.78, 5) is 0. The molecule has 0 aliphatic carbocycles. The normalized spacial score (nSPS) is 11.2. The number of rotatable bonds is 1. The van der Waals surface area contributed by atoms with E-state index in [2.05, 4.69) is 33.5 Å². The van der Waals surface area contributed by atoms with E-state index in [9.17, 15) is 0 Å². The molecular formula is C7H20Si. The lowest BCUT2D eigenvalue weighted by Gasteiger charge is -2.19. The fraction of sp³-hybridized carbons (Fsp3) is 1.00. The van der Waals surface area contributed by atoms with E-state index in [1.54, 1.807) is 0 Å². The summed E-state index contributed by atoms with van der Waals surface area (Å²) in [6, 6.07) is 0. The molecule has 0 saturated heterocycles. The molecule has 52 valence electrons. The highest BCUT2D eigenvalue weighted by Crippen LogP contribution is 2.18. The monoisotopic (exact) mass is 132 g/mol. The van der Waals surface area contributed by atoms with Crippen LogP contribution in [-0.2, 0) is 0 Å².